The van der Waals surface area contributed by atoms with Crippen molar-refractivity contribution >= 4 is 0 Å². The van der Waals surface area contributed by atoms with E-state index in [-0.39, 0.29) is 0 Å². The van der Waals surface area contributed by atoms with Crippen molar-refractivity contribution in [3.63, 3.8) is 0 Å². The van der Waals surface area contributed by atoms with E-state index in [4.69, 9.17) is 15.1 Å². The van der Waals surface area contributed by atoms with Gasteiger partial charge in [-0.25, -0.2) is 4.39 Å². The molecule has 3 nitrogen and oxygen atoms in total. The SMILES string of the molecule is COc1ccc(C#N)cc1-c1ccc(O)c(F)c1. The number of nitrogens with zero attached hydrogens (tertiary/aromatic N) is 1. The zero-order chi connectivity index (χ0) is 13.1. The van der Waals surface area contributed by atoms with Crippen LogP contribution in [0, 0.1) is 17.1 Å². The first-order chi connectivity index (χ1) is 8.65. The van der Waals surface area contributed by atoms with E-state index in [2.05, 4.69) is 0 Å². The minimum absolute atomic E-state index is 0.408. The molecule has 0 heterocycles. The monoisotopic (exact) mass is 243 g/mol. The second-order valence-corrected chi connectivity index (χ2v) is 3.69. The molecular weight excluding hydrogens is 233 g/mol. The Morgan fingerprint density at radius 1 is 1.22 bits per heavy atom. The van der Waals surface area contributed by atoms with Gasteiger partial charge in [-0.1, -0.05) is 6.07 Å². The van der Waals surface area contributed by atoms with Gasteiger partial charge in [-0.3, -0.25) is 0 Å². The maximum Gasteiger partial charge on any atom is 0.165 e. The highest BCUT2D eigenvalue weighted by Gasteiger charge is 2.09. The van der Waals surface area contributed by atoms with E-state index in [9.17, 15) is 4.39 Å². The van der Waals surface area contributed by atoms with E-state index >= 15 is 0 Å². The molecule has 2 aromatic rings. The molecular formula is C14H10FNO2. The highest BCUT2D eigenvalue weighted by atomic mass is 19.1. The molecule has 0 bridgehead atoms. The maximum atomic E-state index is 13.3. The Labute approximate surface area is 104 Å². The zero-order valence-electron chi connectivity index (χ0n) is 9.64. The molecule has 0 radical (unpaired) electrons. The van der Waals surface area contributed by atoms with Gasteiger partial charge < -0.3 is 9.84 Å². The fraction of sp³-hybridized carbons (Fsp3) is 0.0714. The van der Waals surface area contributed by atoms with Crippen LogP contribution in [-0.4, -0.2) is 12.2 Å². The lowest BCUT2D eigenvalue weighted by molar-refractivity contribution is 0.416. The van der Waals surface area contributed by atoms with Crippen LogP contribution in [0.3, 0.4) is 0 Å². The number of nitriles is 1. The van der Waals surface area contributed by atoms with E-state index < -0.39 is 11.6 Å². The topological polar surface area (TPSA) is 53.2 Å². The molecule has 0 aliphatic carbocycles. The number of phenolic OH excluding ortho intramolecular Hbond substituents is 1. The van der Waals surface area contributed by atoms with Crippen molar-refractivity contribution in [2.75, 3.05) is 7.11 Å². The molecule has 0 aromatic heterocycles. The molecule has 0 fully saturated rings. The molecule has 4 heteroatoms. The summed E-state index contributed by atoms with van der Waals surface area (Å²) in [5, 5.41) is 18.0. The number of rotatable bonds is 2. The van der Waals surface area contributed by atoms with Crippen LogP contribution < -0.4 is 4.74 Å². The molecule has 0 atom stereocenters. The zero-order valence-corrected chi connectivity index (χ0v) is 9.64. The summed E-state index contributed by atoms with van der Waals surface area (Å²) in [6, 6.07) is 10.9. The highest BCUT2D eigenvalue weighted by Crippen LogP contribution is 2.32. The van der Waals surface area contributed by atoms with Crippen LogP contribution in [-0.2, 0) is 0 Å². The van der Waals surface area contributed by atoms with Crippen molar-refractivity contribution in [1.29, 1.82) is 5.26 Å². The predicted octanol–water partition coefficient (Wildman–Crippen LogP) is 3.08. The lowest BCUT2D eigenvalue weighted by Crippen LogP contribution is -1.90. The molecule has 0 unspecified atom stereocenters. The minimum atomic E-state index is -0.711. The predicted molar refractivity (Wildman–Crippen MR) is 64.8 cm³/mol. The molecule has 2 aromatic carbocycles. The molecule has 0 saturated heterocycles. The van der Waals surface area contributed by atoms with Crippen LogP contribution in [0.5, 0.6) is 11.5 Å². The van der Waals surface area contributed by atoms with Gasteiger partial charge in [0.15, 0.2) is 11.6 Å². The van der Waals surface area contributed by atoms with Crippen LogP contribution in [0.4, 0.5) is 4.39 Å². The van der Waals surface area contributed by atoms with Gasteiger partial charge in [-0.15, -0.1) is 0 Å². The third-order valence-corrected chi connectivity index (χ3v) is 2.59. The van der Waals surface area contributed by atoms with Crippen molar-refractivity contribution in [2.24, 2.45) is 0 Å². The number of hydrogen-bond donors (Lipinski definition) is 1. The fourth-order valence-electron chi connectivity index (χ4n) is 1.68. The van der Waals surface area contributed by atoms with Crippen molar-refractivity contribution in [3.8, 4) is 28.7 Å². The number of phenols is 1. The smallest absolute Gasteiger partial charge is 0.165 e. The number of benzene rings is 2. The highest BCUT2D eigenvalue weighted by molar-refractivity contribution is 5.72. The van der Waals surface area contributed by atoms with Gasteiger partial charge in [0.2, 0.25) is 0 Å². The van der Waals surface area contributed by atoms with E-state index in [1.54, 1.807) is 24.3 Å². The Morgan fingerprint density at radius 2 is 2.00 bits per heavy atom. The van der Waals surface area contributed by atoms with Crippen LogP contribution >= 0.6 is 0 Å². The quantitative estimate of drug-likeness (QED) is 0.881. The molecule has 1 N–H and O–H groups in total. The van der Waals surface area contributed by atoms with Crippen molar-refractivity contribution in [3.05, 3.63) is 47.8 Å². The van der Waals surface area contributed by atoms with Crippen LogP contribution in [0.15, 0.2) is 36.4 Å². The molecule has 0 spiro atoms. The summed E-state index contributed by atoms with van der Waals surface area (Å²) >= 11 is 0. The van der Waals surface area contributed by atoms with E-state index in [1.165, 1.54) is 19.2 Å². The van der Waals surface area contributed by atoms with Gasteiger partial charge in [0.05, 0.1) is 18.7 Å². The Morgan fingerprint density at radius 3 is 2.61 bits per heavy atom. The second-order valence-electron chi connectivity index (χ2n) is 3.69. The van der Waals surface area contributed by atoms with E-state index in [0.29, 0.717) is 22.4 Å². The lowest BCUT2D eigenvalue weighted by Gasteiger charge is -2.09. The van der Waals surface area contributed by atoms with Crippen molar-refractivity contribution in [2.45, 2.75) is 0 Å². The summed E-state index contributed by atoms with van der Waals surface area (Å²) in [6.07, 6.45) is 0. The summed E-state index contributed by atoms with van der Waals surface area (Å²) in [5.74, 6) is -0.579. The van der Waals surface area contributed by atoms with E-state index in [0.717, 1.165) is 0 Å². The van der Waals surface area contributed by atoms with Gasteiger partial charge in [-0.2, -0.15) is 5.26 Å². The number of ether oxygens (including phenoxy) is 1. The molecule has 0 saturated carbocycles. The third kappa shape index (κ3) is 2.11. The minimum Gasteiger partial charge on any atom is -0.505 e. The third-order valence-electron chi connectivity index (χ3n) is 2.59. The largest absolute Gasteiger partial charge is 0.505 e. The van der Waals surface area contributed by atoms with Crippen LogP contribution in [0.1, 0.15) is 5.56 Å². The Kier molecular flexibility index (Phi) is 3.16. The Hall–Kier alpha value is -2.54. The van der Waals surface area contributed by atoms with Crippen LogP contribution in [0.25, 0.3) is 11.1 Å². The van der Waals surface area contributed by atoms with Gasteiger partial charge >= 0.3 is 0 Å². The summed E-state index contributed by atoms with van der Waals surface area (Å²) in [4.78, 5) is 0. The first kappa shape index (κ1) is 11.9. The Bertz CT molecular complexity index is 632. The second kappa shape index (κ2) is 4.76. The fourth-order valence-corrected chi connectivity index (χ4v) is 1.68. The normalized spacial score (nSPS) is 9.83. The maximum absolute atomic E-state index is 13.3. The standard InChI is InChI=1S/C14H10FNO2/c1-18-14-5-2-9(8-16)6-11(14)10-3-4-13(17)12(15)7-10/h2-7,17H,1H3. The van der Waals surface area contributed by atoms with Crippen molar-refractivity contribution < 1.29 is 14.2 Å². The molecule has 0 aliphatic rings. The first-order valence-corrected chi connectivity index (χ1v) is 5.22. The number of halogens is 1. The summed E-state index contributed by atoms with van der Waals surface area (Å²) in [7, 11) is 1.50. The number of methoxy groups -OCH3 is 1. The van der Waals surface area contributed by atoms with Gasteiger partial charge in [0, 0.05) is 5.56 Å². The first-order valence-electron chi connectivity index (χ1n) is 5.22. The summed E-state index contributed by atoms with van der Waals surface area (Å²) in [6.45, 7) is 0. The molecule has 0 amide bonds. The molecule has 0 aliphatic heterocycles. The van der Waals surface area contributed by atoms with Crippen LogP contribution in [0.2, 0.25) is 0 Å². The van der Waals surface area contributed by atoms with Gasteiger partial charge in [-0.05, 0) is 35.9 Å². The molecule has 90 valence electrons. The summed E-state index contributed by atoms with van der Waals surface area (Å²) < 4.78 is 18.5. The number of hydrogen-bond acceptors (Lipinski definition) is 3. The average molecular weight is 243 g/mol. The Balaban J connectivity index is 2.61. The van der Waals surface area contributed by atoms with Gasteiger partial charge in [0.1, 0.15) is 5.75 Å². The number of aromatic hydroxyl groups is 1. The summed E-state index contributed by atoms with van der Waals surface area (Å²) in [5.41, 5.74) is 1.61. The molecule has 18 heavy (non-hydrogen) atoms. The lowest BCUT2D eigenvalue weighted by atomic mass is 10.0. The molecule has 2 rings (SSSR count). The average Bonchev–Trinajstić information content (AvgIpc) is 2.41. The van der Waals surface area contributed by atoms with Crippen molar-refractivity contribution in [1.82, 2.24) is 0 Å². The van der Waals surface area contributed by atoms with Gasteiger partial charge in [0.25, 0.3) is 0 Å². The van der Waals surface area contributed by atoms with E-state index in [1.807, 2.05) is 6.07 Å².